The molecular weight excluding hydrogens is 322 g/mol. The summed E-state index contributed by atoms with van der Waals surface area (Å²) >= 11 is 0. The summed E-state index contributed by atoms with van der Waals surface area (Å²) in [5.74, 6) is -0.405. The zero-order chi connectivity index (χ0) is 18.1. The second kappa shape index (κ2) is 6.83. The highest BCUT2D eigenvalue weighted by atomic mass is 16.4. The van der Waals surface area contributed by atoms with Crippen LogP contribution >= 0.6 is 0 Å². The minimum absolute atomic E-state index is 0.295. The number of hydrogen-bond acceptors (Lipinski definition) is 1. The molecule has 0 atom stereocenters. The van der Waals surface area contributed by atoms with Gasteiger partial charge in [-0.05, 0) is 36.0 Å². The fraction of sp³-hybridized carbons (Fsp3) is 0.261. The molecule has 1 aliphatic rings. The Bertz CT molecular complexity index is 963. The van der Waals surface area contributed by atoms with Crippen LogP contribution in [-0.2, 0) is 0 Å². The number of hydrogen-bond donors (Lipinski definition) is 2. The zero-order valence-electron chi connectivity index (χ0n) is 14.8. The van der Waals surface area contributed by atoms with Gasteiger partial charge in [-0.25, -0.2) is 4.79 Å². The molecule has 3 heteroatoms. The lowest BCUT2D eigenvalue weighted by Crippen LogP contribution is -2.05. The maximum atomic E-state index is 11.6. The summed E-state index contributed by atoms with van der Waals surface area (Å²) in [6, 6.07) is 14.0. The van der Waals surface area contributed by atoms with Crippen LogP contribution in [0.25, 0.3) is 28.2 Å². The molecule has 132 valence electrons. The number of benzene rings is 2. The van der Waals surface area contributed by atoms with Crippen LogP contribution in [0.4, 0.5) is 0 Å². The number of carbonyl (C=O) groups is 1. The van der Waals surface area contributed by atoms with Gasteiger partial charge in [-0.15, -0.1) is 0 Å². The molecule has 1 aromatic heterocycles. The van der Waals surface area contributed by atoms with E-state index in [1.165, 1.54) is 37.7 Å². The highest BCUT2D eigenvalue weighted by molar-refractivity contribution is 6.03. The molecule has 1 aliphatic carbocycles. The van der Waals surface area contributed by atoms with Gasteiger partial charge in [-0.1, -0.05) is 68.3 Å². The van der Waals surface area contributed by atoms with E-state index in [9.17, 15) is 9.90 Å². The fourth-order valence-electron chi connectivity index (χ4n) is 4.35. The number of aromatic amines is 1. The van der Waals surface area contributed by atoms with Crippen LogP contribution in [0.3, 0.4) is 0 Å². The Labute approximate surface area is 153 Å². The smallest absolute Gasteiger partial charge is 0.336 e. The van der Waals surface area contributed by atoms with E-state index in [1.807, 2.05) is 24.3 Å². The maximum Gasteiger partial charge on any atom is 0.336 e. The van der Waals surface area contributed by atoms with Crippen LogP contribution < -0.4 is 0 Å². The topological polar surface area (TPSA) is 53.1 Å². The van der Waals surface area contributed by atoms with Gasteiger partial charge in [-0.2, -0.15) is 0 Å². The molecule has 0 amide bonds. The molecule has 4 rings (SSSR count). The van der Waals surface area contributed by atoms with Gasteiger partial charge in [0, 0.05) is 16.6 Å². The van der Waals surface area contributed by atoms with Crippen molar-refractivity contribution in [2.45, 2.75) is 38.0 Å². The lowest BCUT2D eigenvalue weighted by atomic mass is 9.81. The van der Waals surface area contributed by atoms with Crippen molar-refractivity contribution >= 4 is 22.9 Å². The first kappa shape index (κ1) is 16.6. The van der Waals surface area contributed by atoms with Gasteiger partial charge in [0.15, 0.2) is 0 Å². The average molecular weight is 345 g/mol. The van der Waals surface area contributed by atoms with E-state index in [2.05, 4.69) is 23.7 Å². The van der Waals surface area contributed by atoms with E-state index < -0.39 is 5.97 Å². The quantitative estimate of drug-likeness (QED) is 0.589. The van der Waals surface area contributed by atoms with Crippen LogP contribution in [0.1, 0.15) is 59.5 Å². The lowest BCUT2D eigenvalue weighted by Gasteiger charge is -2.23. The Hall–Kier alpha value is -2.81. The summed E-state index contributed by atoms with van der Waals surface area (Å²) in [5, 5.41) is 10.7. The Morgan fingerprint density at radius 2 is 1.81 bits per heavy atom. The molecule has 2 aromatic carbocycles. The van der Waals surface area contributed by atoms with Crippen molar-refractivity contribution in [3.8, 4) is 11.3 Å². The normalized spacial score (nSPS) is 15.2. The molecule has 0 spiro atoms. The van der Waals surface area contributed by atoms with E-state index in [-0.39, 0.29) is 0 Å². The fourth-order valence-corrected chi connectivity index (χ4v) is 4.35. The molecule has 3 aromatic rings. The summed E-state index contributed by atoms with van der Waals surface area (Å²) in [5.41, 5.74) is 5.47. The molecule has 3 nitrogen and oxygen atoms in total. The number of aromatic nitrogens is 1. The number of aromatic carboxylic acids is 1. The Morgan fingerprint density at radius 3 is 2.46 bits per heavy atom. The number of rotatable bonds is 4. The minimum Gasteiger partial charge on any atom is -0.478 e. The lowest BCUT2D eigenvalue weighted by molar-refractivity contribution is 0.0697. The predicted octanol–water partition coefficient (Wildman–Crippen LogP) is 6.22. The first-order valence-corrected chi connectivity index (χ1v) is 9.30. The van der Waals surface area contributed by atoms with Crippen LogP contribution in [-0.4, -0.2) is 16.1 Å². The van der Waals surface area contributed by atoms with Crippen LogP contribution in [0.5, 0.6) is 0 Å². The molecule has 0 bridgehead atoms. The van der Waals surface area contributed by atoms with Gasteiger partial charge < -0.3 is 10.1 Å². The Morgan fingerprint density at radius 1 is 1.08 bits per heavy atom. The third-order valence-corrected chi connectivity index (χ3v) is 5.57. The number of fused-ring (bicyclic) bond motifs is 1. The summed E-state index contributed by atoms with van der Waals surface area (Å²) in [7, 11) is 0. The van der Waals surface area contributed by atoms with Crippen molar-refractivity contribution in [1.29, 1.82) is 0 Å². The maximum absolute atomic E-state index is 11.6. The number of H-pyrrole nitrogens is 1. The van der Waals surface area contributed by atoms with Crippen molar-refractivity contribution in [1.82, 2.24) is 4.98 Å². The minimum atomic E-state index is -0.920. The number of carboxylic acids is 1. The Balaban J connectivity index is 2.02. The molecule has 0 aliphatic heterocycles. The molecule has 0 radical (unpaired) electrons. The largest absolute Gasteiger partial charge is 0.478 e. The van der Waals surface area contributed by atoms with Gasteiger partial charge >= 0.3 is 5.97 Å². The predicted molar refractivity (Wildman–Crippen MR) is 107 cm³/mol. The van der Waals surface area contributed by atoms with E-state index in [0.29, 0.717) is 17.0 Å². The van der Waals surface area contributed by atoms with E-state index in [4.69, 9.17) is 0 Å². The van der Waals surface area contributed by atoms with Crippen LogP contribution in [0.15, 0.2) is 49.0 Å². The second-order valence-corrected chi connectivity index (χ2v) is 7.07. The molecule has 0 unspecified atom stereocenters. The molecule has 26 heavy (non-hydrogen) atoms. The number of carboxylic acid groups (broad SMARTS) is 1. The van der Waals surface area contributed by atoms with Gasteiger partial charge in [0.25, 0.3) is 0 Å². The van der Waals surface area contributed by atoms with Gasteiger partial charge in [-0.3, -0.25) is 0 Å². The second-order valence-electron chi connectivity index (χ2n) is 7.07. The van der Waals surface area contributed by atoms with Crippen LogP contribution in [0.2, 0.25) is 0 Å². The molecule has 0 saturated heterocycles. The van der Waals surface area contributed by atoms with Gasteiger partial charge in [0.2, 0.25) is 0 Å². The third-order valence-electron chi connectivity index (χ3n) is 5.57. The molecule has 1 fully saturated rings. The summed E-state index contributed by atoms with van der Waals surface area (Å²) in [4.78, 5) is 15.2. The van der Waals surface area contributed by atoms with E-state index in [1.54, 1.807) is 12.1 Å². The average Bonchev–Trinajstić information content (AvgIpc) is 3.08. The Kier molecular flexibility index (Phi) is 4.37. The van der Waals surface area contributed by atoms with Crippen molar-refractivity contribution in [2.24, 2.45) is 0 Å². The highest BCUT2D eigenvalue weighted by Gasteiger charge is 2.25. The third kappa shape index (κ3) is 2.74. The SMILES string of the molecule is C=Cc1c(C(=O)O)ccc2c(C3CCCCC3)c(-c3ccccc3)[nH]c12. The molecule has 2 N–H and O–H groups in total. The van der Waals surface area contributed by atoms with Gasteiger partial charge in [0.05, 0.1) is 11.1 Å². The van der Waals surface area contributed by atoms with Gasteiger partial charge in [0.1, 0.15) is 0 Å². The van der Waals surface area contributed by atoms with E-state index in [0.717, 1.165) is 22.2 Å². The van der Waals surface area contributed by atoms with E-state index >= 15 is 0 Å². The van der Waals surface area contributed by atoms with Crippen molar-refractivity contribution < 1.29 is 9.90 Å². The standard InChI is InChI=1S/C23H23NO2/c1-2-17-18(23(25)26)13-14-19-20(15-9-5-3-6-10-15)21(24-22(17)19)16-11-7-4-8-12-16/h2,4,7-8,11-15,24H,1,3,5-6,9-10H2,(H,25,26). The number of nitrogens with one attached hydrogen (secondary N) is 1. The molecule has 1 heterocycles. The molecular formula is C23H23NO2. The van der Waals surface area contributed by atoms with Crippen molar-refractivity contribution in [3.05, 3.63) is 65.7 Å². The summed E-state index contributed by atoms with van der Waals surface area (Å²) in [6.45, 7) is 3.86. The first-order valence-electron chi connectivity index (χ1n) is 9.30. The summed E-state index contributed by atoms with van der Waals surface area (Å²) < 4.78 is 0. The summed E-state index contributed by atoms with van der Waals surface area (Å²) in [6.07, 6.45) is 7.86. The zero-order valence-corrected chi connectivity index (χ0v) is 14.8. The molecule has 1 saturated carbocycles. The van der Waals surface area contributed by atoms with Crippen molar-refractivity contribution in [3.63, 3.8) is 0 Å². The highest BCUT2D eigenvalue weighted by Crippen LogP contribution is 2.43. The van der Waals surface area contributed by atoms with Crippen molar-refractivity contribution in [2.75, 3.05) is 0 Å². The first-order chi connectivity index (χ1) is 12.7. The van der Waals surface area contributed by atoms with Crippen LogP contribution in [0, 0.1) is 0 Å². The monoisotopic (exact) mass is 345 g/mol.